The van der Waals surface area contributed by atoms with Gasteiger partial charge in [-0.15, -0.1) is 0 Å². The van der Waals surface area contributed by atoms with E-state index in [-0.39, 0.29) is 18.4 Å². The van der Waals surface area contributed by atoms with Gasteiger partial charge in [0.25, 0.3) is 5.91 Å². The molecule has 28 heavy (non-hydrogen) atoms. The Bertz CT molecular complexity index is 851. The standard InChI is InChI=1S/C20H18ClF3N2O2/c21-16-7-3-13(4-8-16)19(28)26-11-1-2-14(12-26)18(27)25-17-9-5-15(6-10-17)20(22,23)24/h3-10,14H,1-2,11-12H2,(H,25,27). The second-order valence-corrected chi connectivity index (χ2v) is 7.10. The number of nitrogens with one attached hydrogen (secondary N) is 1. The molecular weight excluding hydrogens is 393 g/mol. The number of likely N-dealkylation sites (tertiary alicyclic amines) is 1. The predicted molar refractivity (Wildman–Crippen MR) is 100 cm³/mol. The van der Waals surface area contributed by atoms with Gasteiger partial charge < -0.3 is 10.2 Å². The van der Waals surface area contributed by atoms with Gasteiger partial charge in [-0.2, -0.15) is 13.2 Å². The molecule has 1 unspecified atom stereocenters. The molecule has 2 aromatic carbocycles. The highest BCUT2D eigenvalue weighted by Crippen LogP contribution is 2.30. The molecule has 0 radical (unpaired) electrons. The van der Waals surface area contributed by atoms with E-state index >= 15 is 0 Å². The lowest BCUT2D eigenvalue weighted by atomic mass is 9.96. The van der Waals surface area contributed by atoms with Crippen LogP contribution in [0.15, 0.2) is 48.5 Å². The number of piperidine rings is 1. The SMILES string of the molecule is O=C(Nc1ccc(C(F)(F)F)cc1)C1CCCN(C(=O)c2ccc(Cl)cc2)C1. The molecule has 2 amide bonds. The molecule has 4 nitrogen and oxygen atoms in total. The summed E-state index contributed by atoms with van der Waals surface area (Å²) < 4.78 is 37.9. The molecule has 8 heteroatoms. The highest BCUT2D eigenvalue weighted by atomic mass is 35.5. The molecule has 0 aliphatic carbocycles. The van der Waals surface area contributed by atoms with Crippen LogP contribution in [0.4, 0.5) is 18.9 Å². The van der Waals surface area contributed by atoms with Gasteiger partial charge in [0.15, 0.2) is 0 Å². The van der Waals surface area contributed by atoms with Crippen LogP contribution in [-0.2, 0) is 11.0 Å². The van der Waals surface area contributed by atoms with Crippen molar-refractivity contribution in [1.29, 1.82) is 0 Å². The molecule has 3 rings (SSSR count). The summed E-state index contributed by atoms with van der Waals surface area (Å²) in [5, 5.41) is 3.17. The molecule has 0 saturated carbocycles. The number of halogens is 4. The second kappa shape index (κ2) is 8.22. The number of amides is 2. The summed E-state index contributed by atoms with van der Waals surface area (Å²) in [6.45, 7) is 0.805. The van der Waals surface area contributed by atoms with Crippen LogP contribution in [0.2, 0.25) is 5.02 Å². The van der Waals surface area contributed by atoms with Gasteiger partial charge in [-0.25, -0.2) is 0 Å². The smallest absolute Gasteiger partial charge is 0.338 e. The lowest BCUT2D eigenvalue weighted by Gasteiger charge is -2.32. The Morgan fingerprint density at radius 2 is 1.68 bits per heavy atom. The van der Waals surface area contributed by atoms with Crippen LogP contribution in [0.25, 0.3) is 0 Å². The van der Waals surface area contributed by atoms with Crippen molar-refractivity contribution in [3.05, 3.63) is 64.7 Å². The zero-order chi connectivity index (χ0) is 20.3. The lowest BCUT2D eigenvalue weighted by Crippen LogP contribution is -2.43. The summed E-state index contributed by atoms with van der Waals surface area (Å²) in [4.78, 5) is 26.7. The first-order valence-electron chi connectivity index (χ1n) is 8.77. The third-order valence-electron chi connectivity index (χ3n) is 4.65. The maximum Gasteiger partial charge on any atom is 0.416 e. The fourth-order valence-electron chi connectivity index (χ4n) is 3.14. The summed E-state index contributed by atoms with van der Waals surface area (Å²) >= 11 is 5.84. The van der Waals surface area contributed by atoms with Crippen LogP contribution >= 0.6 is 11.6 Å². The molecule has 1 heterocycles. The first kappa shape index (κ1) is 20.2. The molecule has 1 aliphatic rings. The van der Waals surface area contributed by atoms with Gasteiger partial charge >= 0.3 is 6.18 Å². The Labute approximate surface area is 165 Å². The van der Waals surface area contributed by atoms with Crippen molar-refractivity contribution >= 4 is 29.1 Å². The van der Waals surface area contributed by atoms with Gasteiger partial charge in [-0.1, -0.05) is 11.6 Å². The van der Waals surface area contributed by atoms with E-state index in [1.54, 1.807) is 29.2 Å². The van der Waals surface area contributed by atoms with E-state index in [1.165, 1.54) is 12.1 Å². The van der Waals surface area contributed by atoms with Crippen LogP contribution in [0.1, 0.15) is 28.8 Å². The first-order valence-corrected chi connectivity index (χ1v) is 9.15. The number of nitrogens with zero attached hydrogens (tertiary/aromatic N) is 1. The van der Waals surface area contributed by atoms with Crippen LogP contribution < -0.4 is 5.32 Å². The van der Waals surface area contributed by atoms with Crippen LogP contribution in [0, 0.1) is 5.92 Å². The fraction of sp³-hybridized carbons (Fsp3) is 0.300. The van der Waals surface area contributed by atoms with E-state index in [9.17, 15) is 22.8 Å². The van der Waals surface area contributed by atoms with E-state index in [1.807, 2.05) is 0 Å². The van der Waals surface area contributed by atoms with Crippen molar-refractivity contribution in [3.8, 4) is 0 Å². The van der Waals surface area contributed by atoms with E-state index in [2.05, 4.69) is 5.32 Å². The van der Waals surface area contributed by atoms with Gasteiger partial charge in [-0.3, -0.25) is 9.59 Å². The Balaban J connectivity index is 1.62. The maximum atomic E-state index is 12.6. The Morgan fingerprint density at radius 3 is 2.29 bits per heavy atom. The van der Waals surface area contributed by atoms with Gasteiger partial charge in [0.2, 0.25) is 5.91 Å². The molecule has 0 spiro atoms. The number of alkyl halides is 3. The molecule has 1 N–H and O–H groups in total. The Morgan fingerprint density at radius 1 is 1.04 bits per heavy atom. The van der Waals surface area contributed by atoms with E-state index < -0.39 is 17.7 Å². The van der Waals surface area contributed by atoms with E-state index in [0.29, 0.717) is 35.7 Å². The fourth-order valence-corrected chi connectivity index (χ4v) is 3.26. The van der Waals surface area contributed by atoms with E-state index in [0.717, 1.165) is 12.1 Å². The summed E-state index contributed by atoms with van der Waals surface area (Å²) in [5.41, 5.74) is 0.00949. The van der Waals surface area contributed by atoms with Crippen molar-refractivity contribution in [2.24, 2.45) is 5.92 Å². The molecule has 1 fully saturated rings. The monoisotopic (exact) mass is 410 g/mol. The van der Waals surface area contributed by atoms with Crippen molar-refractivity contribution in [2.45, 2.75) is 19.0 Å². The quantitative estimate of drug-likeness (QED) is 0.786. The average Bonchev–Trinajstić information content (AvgIpc) is 2.68. The normalized spacial score (nSPS) is 17.3. The van der Waals surface area contributed by atoms with Gasteiger partial charge in [-0.05, 0) is 61.4 Å². The third kappa shape index (κ3) is 4.84. The predicted octanol–water partition coefficient (Wildman–Crippen LogP) is 4.85. The number of carbonyl (C=O) groups is 2. The van der Waals surface area contributed by atoms with Crippen molar-refractivity contribution in [2.75, 3.05) is 18.4 Å². The highest BCUT2D eigenvalue weighted by Gasteiger charge is 2.31. The van der Waals surface area contributed by atoms with Gasteiger partial charge in [0.05, 0.1) is 11.5 Å². The second-order valence-electron chi connectivity index (χ2n) is 6.66. The molecular formula is C20H18ClF3N2O2. The Kier molecular flexibility index (Phi) is 5.93. The number of hydrogen-bond acceptors (Lipinski definition) is 2. The lowest BCUT2D eigenvalue weighted by molar-refractivity contribution is -0.137. The topological polar surface area (TPSA) is 49.4 Å². The van der Waals surface area contributed by atoms with Crippen LogP contribution in [-0.4, -0.2) is 29.8 Å². The van der Waals surface area contributed by atoms with E-state index in [4.69, 9.17) is 11.6 Å². The first-order chi connectivity index (χ1) is 13.2. The minimum atomic E-state index is -4.42. The minimum absolute atomic E-state index is 0.177. The van der Waals surface area contributed by atoms with Crippen LogP contribution in [0.5, 0.6) is 0 Å². The number of benzene rings is 2. The van der Waals surface area contributed by atoms with Crippen LogP contribution in [0.3, 0.4) is 0 Å². The molecule has 0 bridgehead atoms. The Hall–Kier alpha value is -2.54. The number of carbonyl (C=O) groups excluding carboxylic acids is 2. The molecule has 1 atom stereocenters. The molecule has 2 aromatic rings. The molecule has 1 saturated heterocycles. The van der Waals surface area contributed by atoms with Crippen molar-refractivity contribution < 1.29 is 22.8 Å². The summed E-state index contributed by atoms with van der Waals surface area (Å²) in [6.07, 6.45) is -3.14. The average molecular weight is 411 g/mol. The molecule has 1 aliphatic heterocycles. The maximum absolute atomic E-state index is 12.6. The third-order valence-corrected chi connectivity index (χ3v) is 4.90. The number of anilines is 1. The minimum Gasteiger partial charge on any atom is -0.338 e. The summed E-state index contributed by atoms with van der Waals surface area (Å²) in [7, 11) is 0. The summed E-state index contributed by atoms with van der Waals surface area (Å²) in [6, 6.07) is 10.8. The van der Waals surface area contributed by atoms with Gasteiger partial charge in [0.1, 0.15) is 0 Å². The van der Waals surface area contributed by atoms with Crippen molar-refractivity contribution in [1.82, 2.24) is 4.90 Å². The highest BCUT2D eigenvalue weighted by molar-refractivity contribution is 6.30. The molecule has 148 valence electrons. The zero-order valence-electron chi connectivity index (χ0n) is 14.8. The number of rotatable bonds is 3. The van der Waals surface area contributed by atoms with Crippen molar-refractivity contribution in [3.63, 3.8) is 0 Å². The largest absolute Gasteiger partial charge is 0.416 e. The number of hydrogen-bond donors (Lipinski definition) is 1. The zero-order valence-corrected chi connectivity index (χ0v) is 15.6. The van der Waals surface area contributed by atoms with Gasteiger partial charge in [0, 0.05) is 29.4 Å². The molecule has 0 aromatic heterocycles. The summed E-state index contributed by atoms with van der Waals surface area (Å²) in [5.74, 6) is -0.913.